The molecule has 0 unspecified atom stereocenters. The smallest absolute Gasteiger partial charge is 0.275 e. The van der Waals surface area contributed by atoms with Gasteiger partial charge in [0, 0.05) is 0 Å². The van der Waals surface area contributed by atoms with Crippen LogP contribution in [0.25, 0.3) is 0 Å². The van der Waals surface area contributed by atoms with Crippen molar-refractivity contribution < 1.29 is 14.3 Å². The molecule has 0 aromatic heterocycles. The Hall–Kier alpha value is -2.82. The molecule has 23 heavy (non-hydrogen) atoms. The molecule has 0 aliphatic carbocycles. The highest BCUT2D eigenvalue weighted by molar-refractivity contribution is 6.01. The Morgan fingerprint density at radius 1 is 1.13 bits per heavy atom. The molecule has 0 bridgehead atoms. The van der Waals surface area contributed by atoms with Crippen LogP contribution in [0.2, 0.25) is 0 Å². The molecular weight excluding hydrogens is 292 g/mol. The van der Waals surface area contributed by atoms with Crippen LogP contribution in [0.1, 0.15) is 29.8 Å². The van der Waals surface area contributed by atoms with E-state index in [1.54, 1.807) is 18.2 Å². The van der Waals surface area contributed by atoms with E-state index in [0.29, 0.717) is 23.6 Å². The van der Waals surface area contributed by atoms with Crippen molar-refractivity contribution in [2.45, 2.75) is 13.8 Å². The van der Waals surface area contributed by atoms with Gasteiger partial charge in [-0.1, -0.05) is 12.1 Å². The molecular formula is C18H20N2O3. The summed E-state index contributed by atoms with van der Waals surface area (Å²) < 4.78 is 10.6. The van der Waals surface area contributed by atoms with E-state index < -0.39 is 0 Å². The molecule has 0 atom stereocenters. The van der Waals surface area contributed by atoms with Crippen molar-refractivity contribution in [3.63, 3.8) is 0 Å². The normalized spacial score (nSPS) is 11.0. The Balaban J connectivity index is 2.08. The first-order chi connectivity index (χ1) is 11.2. The maximum Gasteiger partial charge on any atom is 0.275 e. The third kappa shape index (κ3) is 4.32. The first-order valence-electron chi connectivity index (χ1n) is 7.36. The maximum absolute atomic E-state index is 12.2. The molecule has 1 amide bonds. The summed E-state index contributed by atoms with van der Waals surface area (Å²) in [4.78, 5) is 12.2. The summed E-state index contributed by atoms with van der Waals surface area (Å²) in [5, 5.41) is 4.14. The first kappa shape index (κ1) is 16.5. The molecule has 0 radical (unpaired) electrons. The van der Waals surface area contributed by atoms with Crippen molar-refractivity contribution in [3.8, 4) is 11.5 Å². The van der Waals surface area contributed by atoms with Crippen molar-refractivity contribution in [2.24, 2.45) is 5.10 Å². The molecule has 120 valence electrons. The van der Waals surface area contributed by atoms with E-state index in [2.05, 4.69) is 10.5 Å². The minimum atomic E-state index is -0.312. The Morgan fingerprint density at radius 2 is 1.83 bits per heavy atom. The van der Waals surface area contributed by atoms with Crippen LogP contribution in [0.4, 0.5) is 0 Å². The predicted molar refractivity (Wildman–Crippen MR) is 90.3 cm³/mol. The van der Waals surface area contributed by atoms with Gasteiger partial charge in [-0.15, -0.1) is 0 Å². The molecule has 2 aromatic carbocycles. The predicted octanol–water partition coefficient (Wildman–Crippen LogP) is 3.25. The number of hydrogen-bond acceptors (Lipinski definition) is 4. The number of ether oxygens (including phenoxy) is 2. The molecule has 0 spiro atoms. The second-order valence-electron chi connectivity index (χ2n) is 4.80. The molecule has 0 aliphatic rings. The number of carbonyl (C=O) groups excluding carboxylic acids is 1. The summed E-state index contributed by atoms with van der Waals surface area (Å²) in [5.41, 5.74) is 4.61. The second-order valence-corrected chi connectivity index (χ2v) is 4.80. The highest BCUT2D eigenvalue weighted by Gasteiger charge is 2.10. The zero-order valence-electron chi connectivity index (χ0n) is 13.5. The standard InChI is InChI=1S/C18H20N2O3/c1-4-23-15-11-9-14(10-12-15)13(2)19-20-18(21)16-7-5-6-8-17(16)22-3/h5-12H,4H2,1-3H3,(H,20,21). The Morgan fingerprint density at radius 3 is 2.48 bits per heavy atom. The molecule has 5 nitrogen and oxygen atoms in total. The van der Waals surface area contributed by atoms with Gasteiger partial charge in [-0.3, -0.25) is 4.79 Å². The lowest BCUT2D eigenvalue weighted by Gasteiger charge is -2.07. The number of hydrazone groups is 1. The number of benzene rings is 2. The average molecular weight is 312 g/mol. The fourth-order valence-corrected chi connectivity index (χ4v) is 2.05. The molecule has 0 heterocycles. The zero-order chi connectivity index (χ0) is 16.7. The van der Waals surface area contributed by atoms with Crippen LogP contribution in [-0.2, 0) is 0 Å². The van der Waals surface area contributed by atoms with Crippen molar-refractivity contribution in [1.82, 2.24) is 5.43 Å². The van der Waals surface area contributed by atoms with Gasteiger partial charge in [0.25, 0.3) is 5.91 Å². The monoisotopic (exact) mass is 312 g/mol. The number of nitrogens with zero attached hydrogens (tertiary/aromatic N) is 1. The minimum absolute atomic E-state index is 0.312. The van der Waals surface area contributed by atoms with Gasteiger partial charge in [0.15, 0.2) is 0 Å². The number of hydrogen-bond donors (Lipinski definition) is 1. The summed E-state index contributed by atoms with van der Waals surface area (Å²) in [6.07, 6.45) is 0. The Kier molecular flexibility index (Phi) is 5.74. The van der Waals surface area contributed by atoms with Gasteiger partial charge < -0.3 is 9.47 Å². The van der Waals surface area contributed by atoms with E-state index in [4.69, 9.17) is 9.47 Å². The van der Waals surface area contributed by atoms with Crippen molar-refractivity contribution >= 4 is 11.6 Å². The topological polar surface area (TPSA) is 59.9 Å². The molecule has 0 aliphatic heterocycles. The fourth-order valence-electron chi connectivity index (χ4n) is 2.05. The van der Waals surface area contributed by atoms with E-state index in [0.717, 1.165) is 11.3 Å². The third-order valence-electron chi connectivity index (χ3n) is 3.26. The minimum Gasteiger partial charge on any atom is -0.496 e. The number of para-hydroxylation sites is 1. The quantitative estimate of drug-likeness (QED) is 0.658. The van der Waals surface area contributed by atoms with E-state index in [1.165, 1.54) is 7.11 Å². The van der Waals surface area contributed by atoms with Gasteiger partial charge in [-0.05, 0) is 55.8 Å². The van der Waals surface area contributed by atoms with Crippen LogP contribution in [0.5, 0.6) is 11.5 Å². The lowest BCUT2D eigenvalue weighted by molar-refractivity contribution is 0.0952. The van der Waals surface area contributed by atoms with Crippen LogP contribution in [-0.4, -0.2) is 25.3 Å². The Bertz CT molecular complexity index is 694. The second kappa shape index (κ2) is 7.98. The van der Waals surface area contributed by atoms with E-state index in [1.807, 2.05) is 44.2 Å². The fraction of sp³-hybridized carbons (Fsp3) is 0.222. The zero-order valence-corrected chi connectivity index (χ0v) is 13.5. The third-order valence-corrected chi connectivity index (χ3v) is 3.26. The Labute approximate surface area is 135 Å². The largest absolute Gasteiger partial charge is 0.496 e. The highest BCUT2D eigenvalue weighted by atomic mass is 16.5. The van der Waals surface area contributed by atoms with Gasteiger partial charge in [0.2, 0.25) is 0 Å². The molecule has 0 fully saturated rings. The van der Waals surface area contributed by atoms with Gasteiger partial charge in [-0.25, -0.2) is 5.43 Å². The maximum atomic E-state index is 12.2. The molecule has 5 heteroatoms. The van der Waals surface area contributed by atoms with Crippen molar-refractivity contribution in [3.05, 3.63) is 59.7 Å². The van der Waals surface area contributed by atoms with Crippen LogP contribution in [0, 0.1) is 0 Å². The number of carbonyl (C=O) groups is 1. The van der Waals surface area contributed by atoms with Crippen molar-refractivity contribution in [2.75, 3.05) is 13.7 Å². The molecule has 0 saturated heterocycles. The van der Waals surface area contributed by atoms with E-state index in [-0.39, 0.29) is 5.91 Å². The number of amides is 1. The number of rotatable bonds is 6. The summed E-state index contributed by atoms with van der Waals surface area (Å²) in [7, 11) is 1.53. The van der Waals surface area contributed by atoms with Crippen LogP contribution in [0.15, 0.2) is 53.6 Å². The van der Waals surface area contributed by atoms with E-state index in [9.17, 15) is 4.79 Å². The van der Waals surface area contributed by atoms with Gasteiger partial charge in [0.05, 0.1) is 25.0 Å². The molecule has 2 aromatic rings. The van der Waals surface area contributed by atoms with Gasteiger partial charge >= 0.3 is 0 Å². The highest BCUT2D eigenvalue weighted by Crippen LogP contribution is 2.17. The van der Waals surface area contributed by atoms with Crippen LogP contribution < -0.4 is 14.9 Å². The lowest BCUT2D eigenvalue weighted by Crippen LogP contribution is -2.20. The number of methoxy groups -OCH3 is 1. The van der Waals surface area contributed by atoms with Crippen molar-refractivity contribution in [1.29, 1.82) is 0 Å². The first-order valence-corrected chi connectivity index (χ1v) is 7.36. The molecule has 0 saturated carbocycles. The number of nitrogens with one attached hydrogen (secondary N) is 1. The summed E-state index contributed by atoms with van der Waals surface area (Å²) >= 11 is 0. The summed E-state index contributed by atoms with van der Waals surface area (Å²) in [6.45, 7) is 4.40. The van der Waals surface area contributed by atoms with Gasteiger partial charge in [0.1, 0.15) is 11.5 Å². The van der Waals surface area contributed by atoms with Crippen LogP contribution >= 0.6 is 0 Å². The summed E-state index contributed by atoms with van der Waals surface area (Å²) in [5.74, 6) is 1.01. The van der Waals surface area contributed by atoms with E-state index >= 15 is 0 Å². The van der Waals surface area contributed by atoms with Crippen LogP contribution in [0.3, 0.4) is 0 Å². The average Bonchev–Trinajstić information content (AvgIpc) is 2.60. The SMILES string of the molecule is CCOc1ccc(C(C)=NNC(=O)c2ccccc2OC)cc1. The molecule has 2 rings (SSSR count). The lowest BCUT2D eigenvalue weighted by atomic mass is 10.1. The summed E-state index contributed by atoms with van der Waals surface area (Å²) in [6, 6.07) is 14.6. The van der Waals surface area contributed by atoms with Gasteiger partial charge in [-0.2, -0.15) is 5.10 Å². The molecule has 1 N–H and O–H groups in total.